The maximum Gasteiger partial charge on any atom is 0.252 e. The monoisotopic (exact) mass is 386 g/mol. The number of rotatable bonds is 3. The van der Waals surface area contributed by atoms with Crippen molar-refractivity contribution < 1.29 is 8.42 Å². The second-order valence-corrected chi connectivity index (χ2v) is 9.65. The van der Waals surface area contributed by atoms with E-state index in [1.165, 1.54) is 16.9 Å². The van der Waals surface area contributed by atoms with E-state index in [4.69, 9.17) is 0 Å². The van der Waals surface area contributed by atoms with Crippen LogP contribution in [-0.4, -0.2) is 30.8 Å². The summed E-state index contributed by atoms with van der Waals surface area (Å²) < 4.78 is 28.0. The van der Waals surface area contributed by atoms with Crippen LogP contribution in [0, 0.1) is 0 Å². The average molecular weight is 387 g/mol. The van der Waals surface area contributed by atoms with Crippen LogP contribution in [0.25, 0.3) is 0 Å². The normalized spacial score (nSPS) is 18.0. The summed E-state index contributed by atoms with van der Waals surface area (Å²) in [5.74, 6) is 0.425. The van der Waals surface area contributed by atoms with Gasteiger partial charge in [-0.15, -0.1) is 11.3 Å². The molecule has 0 aliphatic carbocycles. The van der Waals surface area contributed by atoms with E-state index >= 15 is 0 Å². The first-order valence-electron chi connectivity index (χ1n) is 6.73. The predicted octanol–water partition coefficient (Wildman–Crippen LogP) is 3.47. The molecule has 0 N–H and O–H groups in total. The molecule has 0 unspecified atom stereocenters. The largest absolute Gasteiger partial charge is 0.265 e. The fourth-order valence-corrected chi connectivity index (χ4v) is 6.26. The summed E-state index contributed by atoms with van der Waals surface area (Å²) >= 11 is 4.58. The highest BCUT2D eigenvalue weighted by atomic mass is 79.9. The molecule has 112 valence electrons. The molecule has 0 aromatic carbocycles. The third-order valence-corrected chi connectivity index (χ3v) is 7.76. The summed E-state index contributed by atoms with van der Waals surface area (Å²) in [5, 5.41) is 0. The number of hydrogen-bond donors (Lipinski definition) is 0. The molecule has 0 spiro atoms. The lowest BCUT2D eigenvalue weighted by Gasteiger charge is -2.31. The van der Waals surface area contributed by atoms with E-state index in [1.807, 2.05) is 12.1 Å². The SMILES string of the molecule is O=S(=O)(c1ccc(Br)s1)N1CCC(c2ccncc2)CC1. The second kappa shape index (κ2) is 6.16. The Hall–Kier alpha value is -0.760. The smallest absolute Gasteiger partial charge is 0.252 e. The number of nitrogens with zero attached hydrogens (tertiary/aromatic N) is 2. The van der Waals surface area contributed by atoms with Crippen molar-refractivity contribution in [3.8, 4) is 0 Å². The van der Waals surface area contributed by atoms with Gasteiger partial charge in [0.05, 0.1) is 3.79 Å². The minimum atomic E-state index is -3.34. The van der Waals surface area contributed by atoms with Crippen LogP contribution < -0.4 is 0 Å². The third kappa shape index (κ3) is 3.21. The first-order valence-corrected chi connectivity index (χ1v) is 9.78. The van der Waals surface area contributed by atoms with E-state index in [9.17, 15) is 8.42 Å². The number of pyridine rings is 1. The van der Waals surface area contributed by atoms with Crippen molar-refractivity contribution >= 4 is 37.3 Å². The highest BCUT2D eigenvalue weighted by Gasteiger charge is 2.30. The Morgan fingerprint density at radius 2 is 1.81 bits per heavy atom. The summed E-state index contributed by atoms with van der Waals surface area (Å²) in [5.41, 5.74) is 1.25. The molecule has 0 amide bonds. The van der Waals surface area contributed by atoms with Crippen LogP contribution in [0.2, 0.25) is 0 Å². The third-order valence-electron chi connectivity index (χ3n) is 3.77. The Bertz CT molecular complexity index is 708. The Kier molecular flexibility index (Phi) is 4.44. The number of aromatic nitrogens is 1. The van der Waals surface area contributed by atoms with Gasteiger partial charge in [0.2, 0.25) is 0 Å². The molecule has 1 fully saturated rings. The highest BCUT2D eigenvalue weighted by Crippen LogP contribution is 2.33. The zero-order valence-electron chi connectivity index (χ0n) is 11.3. The molecule has 4 nitrogen and oxygen atoms in total. The van der Waals surface area contributed by atoms with Crippen LogP contribution in [0.5, 0.6) is 0 Å². The zero-order chi connectivity index (χ0) is 14.9. The van der Waals surface area contributed by atoms with Gasteiger partial charge < -0.3 is 0 Å². The van der Waals surface area contributed by atoms with Gasteiger partial charge >= 0.3 is 0 Å². The summed E-state index contributed by atoms with van der Waals surface area (Å²) in [7, 11) is -3.34. The van der Waals surface area contributed by atoms with Gasteiger partial charge in [-0.2, -0.15) is 4.31 Å². The van der Waals surface area contributed by atoms with Gasteiger partial charge in [0, 0.05) is 25.5 Å². The number of halogens is 1. The Morgan fingerprint density at radius 3 is 2.38 bits per heavy atom. The van der Waals surface area contributed by atoms with Crippen LogP contribution >= 0.6 is 27.3 Å². The Labute approximate surface area is 137 Å². The molecular weight excluding hydrogens is 372 g/mol. The van der Waals surface area contributed by atoms with Gasteiger partial charge in [-0.3, -0.25) is 4.98 Å². The fourth-order valence-electron chi connectivity index (χ4n) is 2.63. The number of sulfonamides is 1. The predicted molar refractivity (Wildman–Crippen MR) is 87.0 cm³/mol. The highest BCUT2D eigenvalue weighted by molar-refractivity contribution is 9.11. The number of piperidine rings is 1. The van der Waals surface area contributed by atoms with E-state index in [-0.39, 0.29) is 0 Å². The summed E-state index contributed by atoms with van der Waals surface area (Å²) in [6.45, 7) is 1.15. The topological polar surface area (TPSA) is 50.3 Å². The van der Waals surface area contributed by atoms with Crippen molar-refractivity contribution in [3.05, 3.63) is 46.0 Å². The Morgan fingerprint density at radius 1 is 1.14 bits per heavy atom. The maximum absolute atomic E-state index is 12.5. The van der Waals surface area contributed by atoms with Crippen molar-refractivity contribution in [2.45, 2.75) is 23.0 Å². The van der Waals surface area contributed by atoms with Crippen molar-refractivity contribution in [3.63, 3.8) is 0 Å². The lowest BCUT2D eigenvalue weighted by atomic mass is 9.91. The summed E-state index contributed by atoms with van der Waals surface area (Å²) in [6, 6.07) is 7.48. The molecule has 2 aromatic rings. The quantitative estimate of drug-likeness (QED) is 0.811. The van der Waals surface area contributed by atoms with Gasteiger partial charge in [0.25, 0.3) is 10.0 Å². The van der Waals surface area contributed by atoms with E-state index in [2.05, 4.69) is 20.9 Å². The van der Waals surface area contributed by atoms with Gasteiger partial charge in [0.15, 0.2) is 0 Å². The number of thiophene rings is 1. The molecule has 0 radical (unpaired) electrons. The lowest BCUT2D eigenvalue weighted by molar-refractivity contribution is 0.320. The molecule has 0 saturated carbocycles. The summed E-state index contributed by atoms with van der Waals surface area (Å²) in [6.07, 6.45) is 5.30. The van der Waals surface area contributed by atoms with Crippen LogP contribution in [0.1, 0.15) is 24.3 Å². The lowest BCUT2D eigenvalue weighted by Crippen LogP contribution is -2.37. The van der Waals surface area contributed by atoms with E-state index in [1.54, 1.807) is 28.8 Å². The van der Waals surface area contributed by atoms with Gasteiger partial charge in [-0.25, -0.2) is 8.42 Å². The van der Waals surface area contributed by atoms with E-state index in [0.717, 1.165) is 16.6 Å². The van der Waals surface area contributed by atoms with Crippen molar-refractivity contribution in [2.75, 3.05) is 13.1 Å². The average Bonchev–Trinajstić information content (AvgIpc) is 2.96. The standard InChI is InChI=1S/C14H15BrN2O2S2/c15-13-1-2-14(20-13)21(18,19)17-9-5-12(6-10-17)11-3-7-16-8-4-11/h1-4,7-8,12H,5-6,9-10H2. The minimum absolute atomic E-state index is 0.414. The van der Waals surface area contributed by atoms with E-state index < -0.39 is 10.0 Å². The molecule has 21 heavy (non-hydrogen) atoms. The minimum Gasteiger partial charge on any atom is -0.265 e. The maximum atomic E-state index is 12.5. The molecule has 1 aliphatic rings. The summed E-state index contributed by atoms with van der Waals surface area (Å²) in [4.78, 5) is 4.03. The van der Waals surface area contributed by atoms with Crippen LogP contribution in [0.15, 0.2) is 44.7 Å². The molecule has 3 heterocycles. The van der Waals surface area contributed by atoms with Gasteiger partial charge in [0.1, 0.15) is 4.21 Å². The first kappa shape index (κ1) is 15.1. The van der Waals surface area contributed by atoms with Crippen LogP contribution in [0.4, 0.5) is 0 Å². The zero-order valence-corrected chi connectivity index (χ0v) is 14.5. The molecule has 3 rings (SSSR count). The molecule has 2 aromatic heterocycles. The van der Waals surface area contributed by atoms with Crippen molar-refractivity contribution in [2.24, 2.45) is 0 Å². The molecule has 1 aliphatic heterocycles. The first-order chi connectivity index (χ1) is 10.1. The molecule has 7 heteroatoms. The van der Waals surface area contributed by atoms with Gasteiger partial charge in [-0.05, 0) is 64.5 Å². The fraction of sp³-hybridized carbons (Fsp3) is 0.357. The number of hydrogen-bond acceptors (Lipinski definition) is 4. The molecular formula is C14H15BrN2O2S2. The van der Waals surface area contributed by atoms with Crippen molar-refractivity contribution in [1.29, 1.82) is 0 Å². The molecule has 0 atom stereocenters. The molecule has 0 bridgehead atoms. The van der Waals surface area contributed by atoms with Crippen LogP contribution in [-0.2, 0) is 10.0 Å². The van der Waals surface area contributed by atoms with Crippen molar-refractivity contribution in [1.82, 2.24) is 9.29 Å². The van der Waals surface area contributed by atoms with Crippen LogP contribution in [0.3, 0.4) is 0 Å². The van der Waals surface area contributed by atoms with Gasteiger partial charge in [-0.1, -0.05) is 0 Å². The van der Waals surface area contributed by atoms with E-state index in [0.29, 0.717) is 23.2 Å². The second-order valence-electron chi connectivity index (χ2n) is 5.02. The Balaban J connectivity index is 1.71. The molecule has 1 saturated heterocycles.